The molecule has 0 amide bonds. The number of aliphatic hydroxyl groups is 1. The number of hydrogen-bond acceptors (Lipinski definition) is 12. The summed E-state index contributed by atoms with van der Waals surface area (Å²) in [5.74, 6) is -1.57. The Labute approximate surface area is 298 Å². The van der Waals surface area contributed by atoms with Gasteiger partial charge >= 0.3 is 5.97 Å². The first-order chi connectivity index (χ1) is 24.7. The molecule has 3 heterocycles. The van der Waals surface area contributed by atoms with Crippen LogP contribution in [-0.2, 0) is 72.0 Å². The molecule has 10 unspecified atom stereocenters. The average Bonchev–Trinajstić information content (AvgIpc) is 3.33. The first kappa shape index (κ1) is 37.5. The zero-order chi connectivity index (χ0) is 35.8. The Kier molecular flexibility index (Phi) is 12.9. The monoisotopic (exact) mass is 708 g/mol. The summed E-state index contributed by atoms with van der Waals surface area (Å²) in [6.07, 6.45) is -9.28. The number of carbonyl (C=O) groups excluding carboxylic acids is 1. The minimum absolute atomic E-state index is 0.0144. The molecule has 0 spiro atoms. The van der Waals surface area contributed by atoms with Crippen LogP contribution in [0.25, 0.3) is 0 Å². The van der Waals surface area contributed by atoms with Gasteiger partial charge in [0.15, 0.2) is 24.5 Å². The highest BCUT2D eigenvalue weighted by molar-refractivity contribution is 5.66. The summed E-state index contributed by atoms with van der Waals surface area (Å²) in [6.45, 7) is 5.52. The number of fused-ring (bicyclic) bond motifs is 1. The van der Waals surface area contributed by atoms with Gasteiger partial charge in [-0.05, 0) is 30.5 Å². The molecular weight excluding hydrogens is 660 g/mol. The highest BCUT2D eigenvalue weighted by Gasteiger charge is 2.56. The van der Waals surface area contributed by atoms with Crippen LogP contribution in [0.4, 0.5) is 0 Å². The van der Waals surface area contributed by atoms with Gasteiger partial charge in [-0.2, -0.15) is 0 Å². The molecule has 1 N–H and O–H groups in total. The van der Waals surface area contributed by atoms with E-state index in [1.54, 1.807) is 13.8 Å². The summed E-state index contributed by atoms with van der Waals surface area (Å²) < 4.78 is 62.3. The van der Waals surface area contributed by atoms with E-state index in [4.69, 9.17) is 47.4 Å². The Morgan fingerprint density at radius 2 is 1.18 bits per heavy atom. The van der Waals surface area contributed by atoms with Crippen LogP contribution < -0.4 is 0 Å². The number of esters is 1. The lowest BCUT2D eigenvalue weighted by Crippen LogP contribution is -2.52. The zero-order valence-corrected chi connectivity index (χ0v) is 29.4. The Morgan fingerprint density at radius 3 is 1.73 bits per heavy atom. The molecule has 3 aliphatic heterocycles. The van der Waals surface area contributed by atoms with E-state index in [1.165, 1.54) is 14.0 Å². The fraction of sp³-hybridized carbons (Fsp3) is 0.513. The van der Waals surface area contributed by atoms with Crippen molar-refractivity contribution in [3.8, 4) is 0 Å². The smallest absolute Gasteiger partial charge is 0.303 e. The predicted octanol–water partition coefficient (Wildman–Crippen LogP) is 4.30. The predicted molar refractivity (Wildman–Crippen MR) is 182 cm³/mol. The van der Waals surface area contributed by atoms with E-state index >= 15 is 0 Å². The van der Waals surface area contributed by atoms with Crippen molar-refractivity contribution in [2.45, 2.75) is 108 Å². The topological polar surface area (TPSA) is 130 Å². The van der Waals surface area contributed by atoms with Gasteiger partial charge in [0, 0.05) is 14.0 Å². The number of hydrogen-bond donors (Lipinski definition) is 1. The molecule has 51 heavy (non-hydrogen) atoms. The Morgan fingerprint density at radius 1 is 0.686 bits per heavy atom. The Hall–Kier alpha value is -3.27. The number of ether oxygens (including phenoxy) is 10. The van der Waals surface area contributed by atoms with Gasteiger partial charge in [-0.1, -0.05) is 91.0 Å². The quantitative estimate of drug-likeness (QED) is 0.254. The number of aliphatic hydroxyl groups excluding tert-OH is 1. The molecule has 12 nitrogen and oxygen atoms in total. The van der Waals surface area contributed by atoms with Crippen molar-refractivity contribution in [2.24, 2.45) is 0 Å². The van der Waals surface area contributed by atoms with E-state index in [0.717, 1.165) is 16.7 Å². The molecule has 0 saturated carbocycles. The van der Waals surface area contributed by atoms with Gasteiger partial charge in [-0.25, -0.2) is 0 Å². The van der Waals surface area contributed by atoms with Gasteiger partial charge in [0.25, 0.3) is 0 Å². The van der Waals surface area contributed by atoms with Crippen molar-refractivity contribution in [3.63, 3.8) is 0 Å². The van der Waals surface area contributed by atoms with E-state index in [0.29, 0.717) is 0 Å². The molecule has 0 radical (unpaired) electrons. The van der Waals surface area contributed by atoms with Gasteiger partial charge in [-0.15, -0.1) is 0 Å². The summed E-state index contributed by atoms with van der Waals surface area (Å²) in [5.41, 5.74) is 2.83. The van der Waals surface area contributed by atoms with E-state index in [2.05, 4.69) is 0 Å². The Bertz CT molecular complexity index is 1490. The van der Waals surface area contributed by atoms with Gasteiger partial charge in [0.2, 0.25) is 0 Å². The molecule has 276 valence electrons. The normalized spacial score (nSPS) is 32.0. The SMILES string of the molecule is COC1OCC(OC2OCC(OCc3ccccc3)C(OCc3ccccc3)C(OCc3ccccc3)C2O)C2OC(C)(C)OC2C1OC(C)=O. The molecule has 6 rings (SSSR count). The second kappa shape index (κ2) is 17.5. The standard InChI is InChI=1S/C39H48O12/c1-25(40)48-36-35-33(50-39(2,3)51-35)30(24-47-38(36)42-4)49-37-31(41)34(45-22-28-18-12-7-13-19-28)32(44-21-27-16-10-6-11-17-27)29(23-46-37)43-20-26-14-8-5-9-15-26/h5-19,29-38,41H,20-24H2,1-4H3. The lowest BCUT2D eigenvalue weighted by atomic mass is 10.0. The molecule has 0 aromatic heterocycles. The van der Waals surface area contributed by atoms with Crippen molar-refractivity contribution < 1.29 is 57.3 Å². The summed E-state index contributed by atoms with van der Waals surface area (Å²) in [5, 5.41) is 12.2. The third-order valence-corrected chi connectivity index (χ3v) is 9.00. The van der Waals surface area contributed by atoms with E-state index in [-0.39, 0.29) is 33.0 Å². The third kappa shape index (κ3) is 9.79. The van der Waals surface area contributed by atoms with Crippen molar-refractivity contribution in [3.05, 3.63) is 108 Å². The Balaban J connectivity index is 1.29. The maximum atomic E-state index is 12.2. The second-order valence-corrected chi connectivity index (χ2v) is 13.3. The van der Waals surface area contributed by atoms with Crippen LogP contribution in [0.5, 0.6) is 0 Å². The van der Waals surface area contributed by atoms with Gasteiger partial charge in [-0.3, -0.25) is 4.79 Å². The maximum absolute atomic E-state index is 12.2. The number of benzene rings is 3. The summed E-state index contributed by atoms with van der Waals surface area (Å²) >= 11 is 0. The fourth-order valence-corrected chi connectivity index (χ4v) is 6.61. The lowest BCUT2D eigenvalue weighted by Gasteiger charge is -2.35. The third-order valence-electron chi connectivity index (χ3n) is 9.00. The minimum atomic E-state index is -1.35. The van der Waals surface area contributed by atoms with E-state index in [9.17, 15) is 9.90 Å². The van der Waals surface area contributed by atoms with Crippen LogP contribution in [0.2, 0.25) is 0 Å². The van der Waals surface area contributed by atoms with Crippen molar-refractivity contribution in [2.75, 3.05) is 20.3 Å². The van der Waals surface area contributed by atoms with Crippen LogP contribution in [0.1, 0.15) is 37.5 Å². The largest absolute Gasteiger partial charge is 0.454 e. The van der Waals surface area contributed by atoms with Crippen LogP contribution in [-0.4, -0.2) is 98.6 Å². The molecule has 0 bridgehead atoms. The molecule has 3 aromatic rings. The van der Waals surface area contributed by atoms with E-state index < -0.39 is 73.2 Å². The summed E-state index contributed by atoms with van der Waals surface area (Å²) in [7, 11) is 1.45. The van der Waals surface area contributed by atoms with Gasteiger partial charge in [0.1, 0.15) is 42.7 Å². The molecule has 10 atom stereocenters. The fourth-order valence-electron chi connectivity index (χ4n) is 6.61. The number of methoxy groups -OCH3 is 1. The van der Waals surface area contributed by atoms with Gasteiger partial charge in [0.05, 0.1) is 33.0 Å². The molecular formula is C39H48O12. The van der Waals surface area contributed by atoms with E-state index in [1.807, 2.05) is 91.0 Å². The molecule has 3 fully saturated rings. The van der Waals surface area contributed by atoms with Crippen LogP contribution in [0.15, 0.2) is 91.0 Å². The first-order valence-corrected chi connectivity index (χ1v) is 17.3. The van der Waals surface area contributed by atoms with Crippen molar-refractivity contribution in [1.29, 1.82) is 0 Å². The summed E-state index contributed by atoms with van der Waals surface area (Å²) in [4.78, 5) is 12.1. The lowest BCUT2D eigenvalue weighted by molar-refractivity contribution is -0.267. The van der Waals surface area contributed by atoms with Crippen molar-refractivity contribution >= 4 is 5.97 Å². The van der Waals surface area contributed by atoms with Crippen LogP contribution >= 0.6 is 0 Å². The molecule has 3 aromatic carbocycles. The molecule has 12 heteroatoms. The minimum Gasteiger partial charge on any atom is -0.454 e. The summed E-state index contributed by atoms with van der Waals surface area (Å²) in [6, 6.07) is 29.2. The second-order valence-electron chi connectivity index (χ2n) is 13.3. The van der Waals surface area contributed by atoms with Crippen molar-refractivity contribution in [1.82, 2.24) is 0 Å². The highest BCUT2D eigenvalue weighted by Crippen LogP contribution is 2.38. The van der Waals surface area contributed by atoms with Crippen LogP contribution in [0, 0.1) is 0 Å². The zero-order valence-electron chi connectivity index (χ0n) is 29.4. The molecule has 0 aliphatic carbocycles. The molecule has 3 saturated heterocycles. The average molecular weight is 709 g/mol. The maximum Gasteiger partial charge on any atom is 0.303 e. The first-order valence-electron chi connectivity index (χ1n) is 17.3. The molecule has 3 aliphatic rings. The highest BCUT2D eigenvalue weighted by atomic mass is 16.8. The van der Waals surface area contributed by atoms with Crippen LogP contribution in [0.3, 0.4) is 0 Å². The number of rotatable bonds is 13. The number of carbonyl (C=O) groups is 1. The van der Waals surface area contributed by atoms with Gasteiger partial charge < -0.3 is 52.5 Å².